The summed E-state index contributed by atoms with van der Waals surface area (Å²) in [5.74, 6) is -0.497. The number of fused-ring (bicyclic) bond motifs is 2. The molecule has 62 heavy (non-hydrogen) atoms. The van der Waals surface area contributed by atoms with Gasteiger partial charge in [0.1, 0.15) is 5.76 Å². The Labute approximate surface area is 366 Å². The molecule has 14 heteroatoms. The van der Waals surface area contributed by atoms with Crippen LogP contribution in [0.25, 0.3) is 26.2 Å². The van der Waals surface area contributed by atoms with Gasteiger partial charge in [0.2, 0.25) is 5.91 Å². The number of allylic oxidation sites excluding steroid dienone is 4. The number of hydrogen-bond acceptors (Lipinski definition) is 10. The van der Waals surface area contributed by atoms with Gasteiger partial charge in [-0.1, -0.05) is 36.4 Å². The van der Waals surface area contributed by atoms with E-state index in [0.29, 0.717) is 68.9 Å². The molecule has 0 saturated carbocycles. The minimum Gasteiger partial charge on any atom is -0.484 e. The lowest BCUT2D eigenvalue weighted by molar-refractivity contribution is -0.119. The van der Waals surface area contributed by atoms with Crippen LogP contribution in [0.15, 0.2) is 146 Å². The zero-order valence-corrected chi connectivity index (χ0v) is 35.3. The molecule has 0 aliphatic carbocycles. The largest absolute Gasteiger partial charge is 0.484 e. The maximum absolute atomic E-state index is 12.9. The van der Waals surface area contributed by atoms with Crippen LogP contribution < -0.4 is 32.7 Å². The maximum atomic E-state index is 12.9. The molecule has 0 saturated heterocycles. The first-order valence-corrected chi connectivity index (χ1v) is 21.3. The summed E-state index contributed by atoms with van der Waals surface area (Å²) in [6.07, 6.45) is 14.1. The summed E-state index contributed by atoms with van der Waals surface area (Å²) in [4.78, 5) is 57.0. The number of anilines is 6. The molecule has 0 fully saturated rings. The minimum atomic E-state index is -0.347. The van der Waals surface area contributed by atoms with Crippen molar-refractivity contribution in [3.05, 3.63) is 166 Å². The Hall–Kier alpha value is -7.55. The molecule has 0 bridgehead atoms. The third-order valence-corrected chi connectivity index (χ3v) is 11.6. The summed E-state index contributed by atoms with van der Waals surface area (Å²) in [6, 6.07) is 30.8. The van der Waals surface area contributed by atoms with Crippen LogP contribution in [0, 0.1) is 0 Å². The molecule has 7 rings (SSSR count). The van der Waals surface area contributed by atoms with Crippen LogP contribution in [0.5, 0.6) is 0 Å². The molecule has 3 heterocycles. The summed E-state index contributed by atoms with van der Waals surface area (Å²) in [6.45, 7) is 1.65. The Kier molecular flexibility index (Phi) is 13.8. The number of para-hydroxylation sites is 4. The van der Waals surface area contributed by atoms with Crippen molar-refractivity contribution in [3.63, 3.8) is 0 Å². The van der Waals surface area contributed by atoms with E-state index in [1.54, 1.807) is 85.2 Å². The van der Waals surface area contributed by atoms with Gasteiger partial charge in [0.25, 0.3) is 17.7 Å². The summed E-state index contributed by atoms with van der Waals surface area (Å²) < 4.78 is 7.71. The molecule has 3 aromatic heterocycles. The number of aryl methyl sites for hydroxylation is 1. The van der Waals surface area contributed by atoms with E-state index in [2.05, 4.69) is 26.3 Å². The highest BCUT2D eigenvalue weighted by Gasteiger charge is 2.15. The van der Waals surface area contributed by atoms with Crippen LogP contribution in [-0.4, -0.2) is 35.2 Å². The molecule has 312 valence electrons. The number of nitrogens with zero attached hydrogens (tertiary/aromatic N) is 1. The fraction of sp³-hybridized carbons (Fsp3) is 0.104. The Bertz CT molecular complexity index is 2880. The van der Waals surface area contributed by atoms with E-state index in [9.17, 15) is 19.2 Å². The molecule has 12 nitrogen and oxygen atoms in total. The van der Waals surface area contributed by atoms with Gasteiger partial charge >= 0.3 is 0 Å². The van der Waals surface area contributed by atoms with Crippen LogP contribution in [0.1, 0.15) is 50.2 Å². The van der Waals surface area contributed by atoms with Crippen LogP contribution in [-0.2, 0) is 20.7 Å². The van der Waals surface area contributed by atoms with Crippen molar-refractivity contribution < 1.29 is 23.9 Å². The van der Waals surface area contributed by atoms with Crippen molar-refractivity contribution in [3.8, 4) is 0 Å². The number of aromatic nitrogens is 1. The van der Waals surface area contributed by atoms with E-state index in [1.165, 1.54) is 22.7 Å². The lowest BCUT2D eigenvalue weighted by atomic mass is 10.1. The molecule has 0 spiro atoms. The fourth-order valence-corrected chi connectivity index (χ4v) is 8.21. The van der Waals surface area contributed by atoms with Crippen LogP contribution in [0.4, 0.5) is 34.1 Å². The molecule has 0 unspecified atom stereocenters. The molecule has 0 radical (unpaired) electrons. The molecule has 0 aliphatic rings. The van der Waals surface area contributed by atoms with Gasteiger partial charge in [-0.05, 0) is 139 Å². The quantitative estimate of drug-likeness (QED) is 0.0314. The van der Waals surface area contributed by atoms with Crippen molar-refractivity contribution in [2.24, 2.45) is 0 Å². The smallest absolute Gasteiger partial charge is 0.265 e. The summed E-state index contributed by atoms with van der Waals surface area (Å²) >= 11 is 2.72. The van der Waals surface area contributed by atoms with Gasteiger partial charge in [0, 0.05) is 39.6 Å². The number of nitrogen functional groups attached to an aromatic ring is 2. The van der Waals surface area contributed by atoms with Crippen LogP contribution >= 0.6 is 22.7 Å². The number of amides is 4. The summed E-state index contributed by atoms with van der Waals surface area (Å²) in [5, 5.41) is 13.2. The zero-order valence-electron chi connectivity index (χ0n) is 33.6. The second-order valence-electron chi connectivity index (χ2n) is 14.1. The monoisotopic (exact) mass is 861 g/mol. The van der Waals surface area contributed by atoms with Crippen molar-refractivity contribution in [1.29, 1.82) is 0 Å². The van der Waals surface area contributed by atoms with Crippen molar-refractivity contribution in [1.82, 2.24) is 4.98 Å². The van der Waals surface area contributed by atoms with Gasteiger partial charge in [-0.25, -0.2) is 0 Å². The second-order valence-corrected chi connectivity index (χ2v) is 16.3. The number of nitrogens with two attached hydrogens (primary N) is 2. The minimum absolute atomic E-state index is 0.114. The number of pyridine rings is 1. The third-order valence-electron chi connectivity index (χ3n) is 9.41. The number of carbonyl (C=O) groups is 4. The van der Waals surface area contributed by atoms with Crippen LogP contribution in [0.2, 0.25) is 0 Å². The fourth-order valence-electron chi connectivity index (χ4n) is 6.33. The summed E-state index contributed by atoms with van der Waals surface area (Å²) in [7, 11) is 0. The topological polar surface area (TPSA) is 191 Å². The number of thiophene rings is 2. The van der Waals surface area contributed by atoms with Gasteiger partial charge in [-0.2, -0.15) is 0 Å². The van der Waals surface area contributed by atoms with E-state index >= 15 is 0 Å². The number of rotatable bonds is 16. The Balaban J connectivity index is 0.877. The number of nitrogens with one attached hydrogen (secondary N) is 4. The molecular formula is C48H43N7O5S2. The average molecular weight is 862 g/mol. The summed E-state index contributed by atoms with van der Waals surface area (Å²) in [5.41, 5.74) is 17.1. The highest BCUT2D eigenvalue weighted by atomic mass is 32.1. The Morgan fingerprint density at radius 1 is 0.694 bits per heavy atom. The van der Waals surface area contributed by atoms with Gasteiger partial charge in [0.15, 0.2) is 6.61 Å². The van der Waals surface area contributed by atoms with Gasteiger partial charge in [0.05, 0.1) is 32.5 Å². The number of carbonyl (C=O) groups excluding carboxylic acids is 4. The van der Waals surface area contributed by atoms with Gasteiger partial charge in [-0.3, -0.25) is 24.2 Å². The average Bonchev–Trinajstić information content (AvgIpc) is 3.90. The van der Waals surface area contributed by atoms with Crippen molar-refractivity contribution >= 4 is 107 Å². The molecule has 8 N–H and O–H groups in total. The Morgan fingerprint density at radius 2 is 1.27 bits per heavy atom. The number of hydrogen-bond donors (Lipinski definition) is 6. The predicted octanol–water partition coefficient (Wildman–Crippen LogP) is 10.3. The number of benzene rings is 4. The first-order valence-electron chi connectivity index (χ1n) is 19.7. The van der Waals surface area contributed by atoms with Crippen molar-refractivity contribution in [2.45, 2.75) is 26.2 Å². The molecule has 4 amide bonds. The first-order chi connectivity index (χ1) is 30.1. The maximum Gasteiger partial charge on any atom is 0.265 e. The normalized spacial score (nSPS) is 11.6. The zero-order chi connectivity index (χ0) is 43.4. The van der Waals surface area contributed by atoms with Gasteiger partial charge in [-0.15, -0.1) is 22.7 Å². The molecule has 0 aliphatic heterocycles. The highest BCUT2D eigenvalue weighted by molar-refractivity contribution is 7.21. The molecule has 4 aromatic carbocycles. The van der Waals surface area contributed by atoms with Crippen LogP contribution in [0.3, 0.4) is 0 Å². The van der Waals surface area contributed by atoms with Gasteiger partial charge < -0.3 is 37.5 Å². The highest BCUT2D eigenvalue weighted by Crippen LogP contribution is 2.31. The SMILES string of the molecule is C\C=C/C=C(\C=C\c1cncc(CCCC(=O)Nc2ccc3sc(C(=O)Nc4ccccc4N)cc3c2)c1)OCC(=O)Nc1ccc2sc(C(=O)Nc3ccccc3N)cc2c1. The predicted molar refractivity (Wildman–Crippen MR) is 254 cm³/mol. The van der Waals surface area contributed by atoms with Crippen molar-refractivity contribution in [2.75, 3.05) is 39.3 Å². The molecule has 7 aromatic rings. The van der Waals surface area contributed by atoms with E-state index in [0.717, 1.165) is 31.3 Å². The lowest BCUT2D eigenvalue weighted by Gasteiger charge is -2.08. The first kappa shape index (κ1) is 42.6. The Morgan fingerprint density at radius 3 is 1.85 bits per heavy atom. The third kappa shape index (κ3) is 11.4. The molecular weight excluding hydrogens is 819 g/mol. The second kappa shape index (κ2) is 20.1. The van der Waals surface area contributed by atoms with E-state index < -0.39 is 0 Å². The van der Waals surface area contributed by atoms with E-state index in [4.69, 9.17) is 16.2 Å². The molecule has 0 atom stereocenters. The standard InChI is InChI=1S/C48H43N7O5S2/c1-2-3-10-36(60-29-46(57)53-35-18-21-42-33(24-35)26-44(62-42)48(59)55-40-14-7-5-12-38(40)50)19-16-31-22-30(27-51-28-31)9-8-15-45(56)52-34-17-20-41-32(23-34)25-43(61-41)47(58)54-39-13-6-4-11-37(39)49/h2-7,10-14,16-28H,8-9,15,29,49-50H2,1H3,(H,52,56)(H,53,57)(H,54,58)(H,55,59)/b3-2-,19-16+,36-10+. The van der Waals surface area contributed by atoms with E-state index in [-0.39, 0.29) is 30.2 Å². The lowest BCUT2D eigenvalue weighted by Crippen LogP contribution is -2.17. The number of ether oxygens (including phenoxy) is 1. The van der Waals surface area contributed by atoms with E-state index in [1.807, 2.05) is 67.6 Å².